The van der Waals surface area contributed by atoms with Crippen LogP contribution in [-0.2, 0) is 11.3 Å². The molecule has 2 rings (SSSR count). The molecule has 1 fully saturated rings. The molecule has 1 aliphatic rings. The number of nitrogens with one attached hydrogen (secondary N) is 2. The molecule has 0 aromatic carbocycles. The van der Waals surface area contributed by atoms with Gasteiger partial charge in [0.05, 0.1) is 12.2 Å². The van der Waals surface area contributed by atoms with Gasteiger partial charge in [-0.1, -0.05) is 0 Å². The molecule has 0 saturated heterocycles. The van der Waals surface area contributed by atoms with Crippen molar-refractivity contribution in [3.05, 3.63) is 17.5 Å². The van der Waals surface area contributed by atoms with Crippen LogP contribution in [0.2, 0.25) is 0 Å². The molecular formula is C14H24N4O. The van der Waals surface area contributed by atoms with Gasteiger partial charge in [0.15, 0.2) is 0 Å². The van der Waals surface area contributed by atoms with Crippen LogP contribution in [0.15, 0.2) is 6.07 Å². The van der Waals surface area contributed by atoms with Gasteiger partial charge in [-0.3, -0.25) is 9.48 Å². The fraction of sp³-hybridized carbons (Fsp3) is 0.714. The second-order valence-corrected chi connectivity index (χ2v) is 5.43. The molecule has 106 valence electrons. The number of hydrogen-bond donors (Lipinski definition) is 2. The smallest absolute Gasteiger partial charge is 0.233 e. The minimum Gasteiger partial charge on any atom is -0.355 e. The lowest BCUT2D eigenvalue weighted by molar-refractivity contribution is -0.120. The molecule has 5 heteroatoms. The average Bonchev–Trinajstić information content (AvgIpc) is 3.13. The number of carbonyl (C=O) groups is 1. The van der Waals surface area contributed by atoms with E-state index in [1.807, 2.05) is 11.6 Å². The van der Waals surface area contributed by atoms with Gasteiger partial charge in [0.2, 0.25) is 5.91 Å². The normalized spacial score (nSPS) is 14.6. The van der Waals surface area contributed by atoms with Gasteiger partial charge in [0, 0.05) is 18.8 Å². The van der Waals surface area contributed by atoms with Crippen molar-refractivity contribution < 1.29 is 4.79 Å². The summed E-state index contributed by atoms with van der Waals surface area (Å²) in [5.74, 6) is 0.855. The number of hydrogen-bond acceptors (Lipinski definition) is 3. The largest absolute Gasteiger partial charge is 0.355 e. The quantitative estimate of drug-likeness (QED) is 0.689. The summed E-state index contributed by atoms with van der Waals surface area (Å²) in [7, 11) is 0. The van der Waals surface area contributed by atoms with Crippen LogP contribution in [0.25, 0.3) is 0 Å². The predicted octanol–water partition coefficient (Wildman–Crippen LogP) is 1.01. The number of rotatable bonds is 8. The summed E-state index contributed by atoms with van der Waals surface area (Å²) in [5.41, 5.74) is 2.25. The van der Waals surface area contributed by atoms with Crippen LogP contribution in [0, 0.1) is 19.8 Å². The van der Waals surface area contributed by atoms with Gasteiger partial charge in [-0.25, -0.2) is 0 Å². The van der Waals surface area contributed by atoms with Crippen molar-refractivity contribution >= 4 is 5.91 Å². The second-order valence-electron chi connectivity index (χ2n) is 5.43. The second kappa shape index (κ2) is 6.70. The fourth-order valence-corrected chi connectivity index (χ4v) is 2.10. The Balaban J connectivity index is 1.51. The Bertz CT molecular complexity index is 423. The molecule has 2 N–H and O–H groups in total. The minimum atomic E-state index is 0.109. The topological polar surface area (TPSA) is 59.0 Å². The Labute approximate surface area is 114 Å². The lowest BCUT2D eigenvalue weighted by Crippen LogP contribution is -2.35. The first-order chi connectivity index (χ1) is 9.15. The molecule has 1 aromatic heterocycles. The summed E-state index contributed by atoms with van der Waals surface area (Å²) in [6, 6.07) is 2.08. The van der Waals surface area contributed by atoms with Gasteiger partial charge >= 0.3 is 0 Å². The summed E-state index contributed by atoms with van der Waals surface area (Å²) in [6.45, 7) is 7.09. The maximum absolute atomic E-state index is 11.5. The molecular weight excluding hydrogens is 240 g/mol. The van der Waals surface area contributed by atoms with E-state index in [0.29, 0.717) is 6.54 Å². The van der Waals surface area contributed by atoms with E-state index in [1.165, 1.54) is 18.5 Å². The van der Waals surface area contributed by atoms with Crippen LogP contribution in [0.4, 0.5) is 0 Å². The number of aryl methyl sites for hydroxylation is 3. The van der Waals surface area contributed by atoms with E-state index in [0.717, 1.165) is 37.7 Å². The van der Waals surface area contributed by atoms with Crippen molar-refractivity contribution in [3.8, 4) is 0 Å². The van der Waals surface area contributed by atoms with Crippen molar-refractivity contribution in [2.24, 2.45) is 5.92 Å². The SMILES string of the molecule is Cc1cc(C)n(CCCNCC(=O)NCC2CC2)n1. The zero-order valence-electron chi connectivity index (χ0n) is 11.9. The molecule has 0 bridgehead atoms. The van der Waals surface area contributed by atoms with Crippen LogP contribution < -0.4 is 10.6 Å². The maximum Gasteiger partial charge on any atom is 0.233 e. The first-order valence-electron chi connectivity index (χ1n) is 7.13. The number of amides is 1. The molecule has 19 heavy (non-hydrogen) atoms. The van der Waals surface area contributed by atoms with Gasteiger partial charge in [-0.15, -0.1) is 0 Å². The van der Waals surface area contributed by atoms with Crippen molar-refractivity contribution in [2.45, 2.75) is 39.7 Å². The van der Waals surface area contributed by atoms with Crippen molar-refractivity contribution in [1.82, 2.24) is 20.4 Å². The molecule has 1 heterocycles. The summed E-state index contributed by atoms with van der Waals surface area (Å²) >= 11 is 0. The number of carbonyl (C=O) groups excluding carboxylic acids is 1. The van der Waals surface area contributed by atoms with E-state index in [4.69, 9.17) is 0 Å². The van der Waals surface area contributed by atoms with Crippen molar-refractivity contribution in [2.75, 3.05) is 19.6 Å². The van der Waals surface area contributed by atoms with E-state index in [9.17, 15) is 4.79 Å². The first kappa shape index (κ1) is 14.1. The molecule has 1 aliphatic carbocycles. The first-order valence-corrected chi connectivity index (χ1v) is 7.13. The lowest BCUT2D eigenvalue weighted by atomic mass is 10.3. The van der Waals surface area contributed by atoms with Gasteiger partial charge in [0.25, 0.3) is 0 Å². The Morgan fingerprint density at radius 2 is 2.26 bits per heavy atom. The summed E-state index contributed by atoms with van der Waals surface area (Å²) in [4.78, 5) is 11.5. The fourth-order valence-electron chi connectivity index (χ4n) is 2.10. The van der Waals surface area contributed by atoms with Crippen LogP contribution >= 0.6 is 0 Å². The third kappa shape index (κ3) is 5.03. The Morgan fingerprint density at radius 1 is 1.47 bits per heavy atom. The molecule has 0 radical (unpaired) electrons. The molecule has 0 unspecified atom stereocenters. The standard InChI is InChI=1S/C14H24N4O/c1-11-8-12(2)18(17-11)7-3-6-15-10-14(19)16-9-13-4-5-13/h8,13,15H,3-7,9-10H2,1-2H3,(H,16,19). The van der Waals surface area contributed by atoms with Gasteiger partial charge in [-0.2, -0.15) is 5.10 Å². The molecule has 0 atom stereocenters. The third-order valence-electron chi connectivity index (χ3n) is 3.40. The zero-order chi connectivity index (χ0) is 13.7. The molecule has 0 aliphatic heterocycles. The van der Waals surface area contributed by atoms with Crippen LogP contribution in [-0.4, -0.2) is 35.3 Å². The predicted molar refractivity (Wildman–Crippen MR) is 74.9 cm³/mol. The molecule has 5 nitrogen and oxygen atoms in total. The van der Waals surface area contributed by atoms with Crippen LogP contribution in [0.3, 0.4) is 0 Å². The van der Waals surface area contributed by atoms with E-state index >= 15 is 0 Å². The highest BCUT2D eigenvalue weighted by molar-refractivity contribution is 5.77. The van der Waals surface area contributed by atoms with Gasteiger partial charge in [-0.05, 0) is 51.6 Å². The van der Waals surface area contributed by atoms with E-state index < -0.39 is 0 Å². The average molecular weight is 264 g/mol. The van der Waals surface area contributed by atoms with E-state index in [1.54, 1.807) is 0 Å². The van der Waals surface area contributed by atoms with Gasteiger partial charge < -0.3 is 10.6 Å². The van der Waals surface area contributed by atoms with Gasteiger partial charge in [0.1, 0.15) is 0 Å². The molecule has 0 spiro atoms. The summed E-state index contributed by atoms with van der Waals surface area (Å²) < 4.78 is 2.02. The maximum atomic E-state index is 11.5. The lowest BCUT2D eigenvalue weighted by Gasteiger charge is -2.07. The molecule has 1 saturated carbocycles. The highest BCUT2D eigenvalue weighted by Crippen LogP contribution is 2.27. The number of aromatic nitrogens is 2. The van der Waals surface area contributed by atoms with E-state index in [-0.39, 0.29) is 5.91 Å². The highest BCUT2D eigenvalue weighted by atomic mass is 16.1. The Kier molecular flexibility index (Phi) is 4.96. The van der Waals surface area contributed by atoms with E-state index in [2.05, 4.69) is 28.7 Å². The Morgan fingerprint density at radius 3 is 2.89 bits per heavy atom. The molecule has 1 aromatic rings. The zero-order valence-corrected chi connectivity index (χ0v) is 11.9. The number of nitrogens with zero attached hydrogens (tertiary/aromatic N) is 2. The van der Waals surface area contributed by atoms with Crippen molar-refractivity contribution in [1.29, 1.82) is 0 Å². The Hall–Kier alpha value is -1.36. The monoisotopic (exact) mass is 264 g/mol. The van der Waals surface area contributed by atoms with Crippen molar-refractivity contribution in [3.63, 3.8) is 0 Å². The summed E-state index contributed by atoms with van der Waals surface area (Å²) in [6.07, 6.45) is 3.53. The highest BCUT2D eigenvalue weighted by Gasteiger charge is 2.21. The van der Waals surface area contributed by atoms with Crippen LogP contribution in [0.1, 0.15) is 30.7 Å². The van der Waals surface area contributed by atoms with Crippen LogP contribution in [0.5, 0.6) is 0 Å². The third-order valence-corrected chi connectivity index (χ3v) is 3.40. The molecule has 1 amide bonds. The minimum absolute atomic E-state index is 0.109. The summed E-state index contributed by atoms with van der Waals surface area (Å²) in [5, 5.41) is 10.5.